The summed E-state index contributed by atoms with van der Waals surface area (Å²) in [6, 6.07) is 20.0. The lowest BCUT2D eigenvalue weighted by Gasteiger charge is -2.36. The molecular weight excluding hydrogens is 412 g/mol. The number of nitriles is 1. The summed E-state index contributed by atoms with van der Waals surface area (Å²) in [6.45, 7) is 7.59. The first kappa shape index (κ1) is 23.0. The van der Waals surface area contributed by atoms with Gasteiger partial charge in [0.2, 0.25) is 5.91 Å². The van der Waals surface area contributed by atoms with Crippen LogP contribution in [0.5, 0.6) is 0 Å². The number of amides is 1. The minimum Gasteiger partial charge on any atom is -0.355 e. The number of piperazine rings is 1. The number of hydrogen-bond donors (Lipinski definition) is 2. The largest absolute Gasteiger partial charge is 0.355 e. The highest BCUT2D eigenvalue weighted by Crippen LogP contribution is 2.25. The van der Waals surface area contributed by atoms with Gasteiger partial charge in [-0.1, -0.05) is 42.5 Å². The van der Waals surface area contributed by atoms with E-state index in [0.717, 1.165) is 38.2 Å². The lowest BCUT2D eigenvalue weighted by atomic mass is 9.96. The van der Waals surface area contributed by atoms with Gasteiger partial charge in [-0.3, -0.25) is 14.7 Å². The molecule has 0 spiro atoms. The molecule has 4 rings (SSSR count). The molecule has 172 valence electrons. The van der Waals surface area contributed by atoms with E-state index >= 15 is 0 Å². The van der Waals surface area contributed by atoms with Gasteiger partial charge in [0.15, 0.2) is 0 Å². The Morgan fingerprint density at radius 2 is 1.94 bits per heavy atom. The smallest absolute Gasteiger partial charge is 0.238 e. The monoisotopic (exact) mass is 444 g/mol. The summed E-state index contributed by atoms with van der Waals surface area (Å²) >= 11 is 0. The molecule has 1 amide bonds. The third-order valence-corrected chi connectivity index (χ3v) is 6.57. The average Bonchev–Trinajstić information content (AvgIpc) is 3.20. The maximum Gasteiger partial charge on any atom is 0.238 e. The van der Waals surface area contributed by atoms with E-state index in [1.165, 1.54) is 5.56 Å². The molecule has 33 heavy (non-hydrogen) atoms. The molecule has 2 aromatic rings. The average molecular weight is 445 g/mol. The fourth-order valence-corrected chi connectivity index (χ4v) is 4.45. The molecule has 0 radical (unpaired) electrons. The van der Waals surface area contributed by atoms with Crippen LogP contribution in [0.3, 0.4) is 0 Å². The predicted molar refractivity (Wildman–Crippen MR) is 130 cm³/mol. The molecule has 1 unspecified atom stereocenters. The molecule has 2 aromatic carbocycles. The quantitative estimate of drug-likeness (QED) is 0.652. The Morgan fingerprint density at radius 3 is 2.70 bits per heavy atom. The van der Waals surface area contributed by atoms with Gasteiger partial charge in [-0.2, -0.15) is 5.26 Å². The van der Waals surface area contributed by atoms with Gasteiger partial charge in [-0.25, -0.2) is 0 Å². The van der Waals surface area contributed by atoms with Crippen molar-refractivity contribution in [3.63, 3.8) is 0 Å². The van der Waals surface area contributed by atoms with Crippen molar-refractivity contribution < 1.29 is 4.79 Å². The number of aliphatic imine (C=N–C) groups is 1. The van der Waals surface area contributed by atoms with E-state index in [0.29, 0.717) is 25.2 Å². The zero-order valence-corrected chi connectivity index (χ0v) is 19.2. The summed E-state index contributed by atoms with van der Waals surface area (Å²) < 4.78 is 0. The van der Waals surface area contributed by atoms with Crippen molar-refractivity contribution in [3.8, 4) is 6.07 Å². The normalized spacial score (nSPS) is 22.8. The van der Waals surface area contributed by atoms with Gasteiger partial charge in [0, 0.05) is 39.3 Å². The Balaban J connectivity index is 1.25. The molecule has 0 bridgehead atoms. The maximum atomic E-state index is 12.8. The number of rotatable bonds is 8. The molecule has 2 atom stereocenters. The van der Waals surface area contributed by atoms with Crippen molar-refractivity contribution in [3.05, 3.63) is 71.3 Å². The van der Waals surface area contributed by atoms with E-state index in [1.54, 1.807) is 0 Å². The van der Waals surface area contributed by atoms with Crippen LogP contribution in [-0.2, 0) is 17.9 Å². The predicted octanol–water partition coefficient (Wildman–Crippen LogP) is 2.14. The number of benzene rings is 2. The fourth-order valence-electron chi connectivity index (χ4n) is 4.45. The van der Waals surface area contributed by atoms with Crippen LogP contribution in [0.15, 0.2) is 59.6 Å². The summed E-state index contributed by atoms with van der Waals surface area (Å²) in [5.74, 6) is 0.0638. The summed E-state index contributed by atoms with van der Waals surface area (Å²) in [5.41, 5.74) is 2.94. The van der Waals surface area contributed by atoms with Crippen molar-refractivity contribution in [2.24, 2.45) is 4.99 Å². The second-order valence-electron chi connectivity index (χ2n) is 9.16. The Morgan fingerprint density at radius 1 is 1.18 bits per heavy atom. The van der Waals surface area contributed by atoms with Crippen molar-refractivity contribution in [1.29, 1.82) is 5.26 Å². The lowest BCUT2D eigenvalue weighted by Crippen LogP contribution is -2.57. The van der Waals surface area contributed by atoms with Gasteiger partial charge in [0.25, 0.3) is 0 Å². The number of carbonyl (C=O) groups excluding carboxylic acids is 1. The molecular formula is C26H32N6O. The molecule has 0 aromatic heterocycles. The zero-order chi connectivity index (χ0) is 23.1. The van der Waals surface area contributed by atoms with E-state index < -0.39 is 0 Å². The molecule has 0 saturated carbocycles. The molecule has 7 nitrogen and oxygen atoms in total. The minimum absolute atomic E-state index is 0.0638. The number of hydrogen-bond acceptors (Lipinski definition) is 6. The van der Waals surface area contributed by atoms with Gasteiger partial charge in [0.05, 0.1) is 36.1 Å². The summed E-state index contributed by atoms with van der Waals surface area (Å²) in [6.07, 6.45) is 2.72. The van der Waals surface area contributed by atoms with Crippen LogP contribution in [0.1, 0.15) is 30.0 Å². The first-order chi connectivity index (χ1) is 16.1. The third-order valence-electron chi connectivity index (χ3n) is 6.57. The Labute approximate surface area is 196 Å². The highest BCUT2D eigenvalue weighted by Gasteiger charge is 2.34. The molecule has 1 saturated heterocycles. The first-order valence-corrected chi connectivity index (χ1v) is 11.6. The van der Waals surface area contributed by atoms with E-state index in [9.17, 15) is 4.79 Å². The minimum atomic E-state index is -0.190. The van der Waals surface area contributed by atoms with Crippen LogP contribution in [-0.4, -0.2) is 66.4 Å². The molecule has 2 aliphatic heterocycles. The lowest BCUT2D eigenvalue weighted by molar-refractivity contribution is -0.124. The third kappa shape index (κ3) is 5.98. The van der Waals surface area contributed by atoms with Crippen LogP contribution < -0.4 is 10.6 Å². The summed E-state index contributed by atoms with van der Waals surface area (Å²) in [5, 5.41) is 15.5. The topological polar surface area (TPSA) is 83.8 Å². The fraction of sp³-hybridized carbons (Fsp3) is 0.423. The highest BCUT2D eigenvalue weighted by atomic mass is 16.2. The second-order valence-corrected chi connectivity index (χ2v) is 9.16. The maximum absolute atomic E-state index is 12.8. The molecule has 7 heteroatoms. The van der Waals surface area contributed by atoms with Crippen LogP contribution in [0.2, 0.25) is 0 Å². The van der Waals surface area contributed by atoms with Crippen LogP contribution in [0.4, 0.5) is 0 Å². The SMILES string of the molecule is CC1(CCNC(=O)[C@H]2CN(Cc3ccccc3)CCN2)CN=CN1Cc1ccc(C#N)cc1. The van der Waals surface area contributed by atoms with E-state index in [-0.39, 0.29) is 17.5 Å². The number of nitrogens with one attached hydrogen (secondary N) is 2. The molecule has 2 aliphatic rings. The van der Waals surface area contributed by atoms with E-state index in [4.69, 9.17) is 5.26 Å². The summed E-state index contributed by atoms with van der Waals surface area (Å²) in [7, 11) is 0. The number of carbonyl (C=O) groups is 1. The van der Waals surface area contributed by atoms with Crippen molar-refractivity contribution in [2.75, 3.05) is 32.7 Å². The first-order valence-electron chi connectivity index (χ1n) is 11.6. The van der Waals surface area contributed by atoms with Gasteiger partial charge < -0.3 is 15.5 Å². The highest BCUT2D eigenvalue weighted by molar-refractivity contribution is 5.82. The van der Waals surface area contributed by atoms with E-state index in [1.807, 2.05) is 36.7 Å². The van der Waals surface area contributed by atoms with Gasteiger partial charge >= 0.3 is 0 Å². The van der Waals surface area contributed by atoms with Gasteiger partial charge in [0.1, 0.15) is 0 Å². The van der Waals surface area contributed by atoms with Crippen molar-refractivity contribution in [2.45, 2.75) is 38.0 Å². The zero-order valence-electron chi connectivity index (χ0n) is 19.2. The molecule has 2 heterocycles. The molecule has 2 N–H and O–H groups in total. The van der Waals surface area contributed by atoms with Crippen LogP contribution >= 0.6 is 0 Å². The van der Waals surface area contributed by atoms with Crippen LogP contribution in [0.25, 0.3) is 0 Å². The molecule has 1 fully saturated rings. The second kappa shape index (κ2) is 10.6. The Hall–Kier alpha value is -3.21. The Bertz CT molecular complexity index is 1000. The summed E-state index contributed by atoms with van der Waals surface area (Å²) in [4.78, 5) is 21.9. The van der Waals surface area contributed by atoms with E-state index in [2.05, 4.69) is 62.7 Å². The number of nitrogens with zero attached hydrogens (tertiary/aromatic N) is 4. The Kier molecular flexibility index (Phi) is 7.38. The molecule has 0 aliphatic carbocycles. The van der Waals surface area contributed by atoms with Crippen molar-refractivity contribution >= 4 is 12.2 Å². The van der Waals surface area contributed by atoms with Gasteiger partial charge in [-0.05, 0) is 36.6 Å². The van der Waals surface area contributed by atoms with Crippen molar-refractivity contribution in [1.82, 2.24) is 20.4 Å². The van der Waals surface area contributed by atoms with Gasteiger partial charge in [-0.15, -0.1) is 0 Å². The standard InChI is InChI=1S/C26H32N6O/c1-26(19-28-20-32(26)17-23-9-7-21(15-27)8-10-23)11-12-30-25(33)24-18-31(14-13-29-24)16-22-5-3-2-4-6-22/h2-10,20,24,29H,11-14,16-19H2,1H3,(H,30,33)/t24-,26?/m1/s1. The van der Waals surface area contributed by atoms with Crippen LogP contribution in [0, 0.1) is 11.3 Å².